The van der Waals surface area contributed by atoms with Crippen LogP contribution in [-0.4, -0.2) is 24.6 Å². The van der Waals surface area contributed by atoms with Crippen LogP contribution in [0.4, 0.5) is 4.39 Å². The normalized spacial score (nSPS) is 11.5. The van der Waals surface area contributed by atoms with Crippen molar-refractivity contribution >= 4 is 21.6 Å². The molecule has 0 aliphatic heterocycles. The highest BCUT2D eigenvalue weighted by Gasteiger charge is 2.16. The maximum atomic E-state index is 14.2. The molecule has 0 atom stereocenters. The number of primary sulfonamides is 1. The zero-order valence-electron chi connectivity index (χ0n) is 13.7. The van der Waals surface area contributed by atoms with Crippen molar-refractivity contribution in [1.29, 1.82) is 0 Å². The Balaban J connectivity index is 2.06. The number of halogens is 2. The van der Waals surface area contributed by atoms with Gasteiger partial charge in [0.15, 0.2) is 16.7 Å². The van der Waals surface area contributed by atoms with Gasteiger partial charge in [-0.2, -0.15) is 0 Å². The van der Waals surface area contributed by atoms with Crippen LogP contribution in [0.25, 0.3) is 16.9 Å². The molecular weight excluding hydrogens is 381 g/mol. The standard InChI is InChI=1S/C17H15ClFN3O3S/c1-2-25-15-8-3-11(9-14(15)19)16-17(18)21-10-22(16)12-4-6-13(7-5-12)26(20,23)24/h3-10H,2H2,1H3,(H2,20,23,24). The Morgan fingerprint density at radius 3 is 2.50 bits per heavy atom. The zero-order valence-corrected chi connectivity index (χ0v) is 15.3. The Hall–Kier alpha value is -2.42. The van der Waals surface area contributed by atoms with Crippen LogP contribution < -0.4 is 9.88 Å². The molecule has 2 N–H and O–H groups in total. The molecule has 0 aliphatic carbocycles. The Kier molecular flexibility index (Phi) is 4.99. The fourth-order valence-electron chi connectivity index (χ4n) is 2.50. The first kappa shape index (κ1) is 18.4. The summed E-state index contributed by atoms with van der Waals surface area (Å²) in [5.41, 5.74) is 1.57. The fourth-order valence-corrected chi connectivity index (χ4v) is 3.26. The van der Waals surface area contributed by atoms with Crippen LogP contribution in [0.3, 0.4) is 0 Å². The van der Waals surface area contributed by atoms with Crippen molar-refractivity contribution in [2.45, 2.75) is 11.8 Å². The minimum Gasteiger partial charge on any atom is -0.491 e. The number of ether oxygens (including phenoxy) is 1. The molecule has 0 bridgehead atoms. The molecule has 9 heteroatoms. The molecule has 0 radical (unpaired) electrons. The summed E-state index contributed by atoms with van der Waals surface area (Å²) in [6.07, 6.45) is 1.47. The van der Waals surface area contributed by atoms with E-state index in [-0.39, 0.29) is 15.8 Å². The van der Waals surface area contributed by atoms with Gasteiger partial charge in [0, 0.05) is 11.3 Å². The van der Waals surface area contributed by atoms with E-state index in [1.807, 2.05) is 0 Å². The maximum absolute atomic E-state index is 14.2. The van der Waals surface area contributed by atoms with Crippen molar-refractivity contribution in [3.63, 3.8) is 0 Å². The third-order valence-electron chi connectivity index (χ3n) is 3.67. The van der Waals surface area contributed by atoms with Gasteiger partial charge in [-0.25, -0.2) is 22.9 Å². The highest BCUT2D eigenvalue weighted by Crippen LogP contribution is 2.32. The van der Waals surface area contributed by atoms with Crippen LogP contribution in [0.1, 0.15) is 6.92 Å². The molecule has 3 rings (SSSR count). The molecule has 1 aromatic heterocycles. The number of hydrogen-bond donors (Lipinski definition) is 1. The molecule has 136 valence electrons. The average molecular weight is 396 g/mol. The highest BCUT2D eigenvalue weighted by molar-refractivity contribution is 7.89. The predicted molar refractivity (Wildman–Crippen MR) is 96.5 cm³/mol. The zero-order chi connectivity index (χ0) is 18.9. The monoisotopic (exact) mass is 395 g/mol. The topological polar surface area (TPSA) is 87.2 Å². The van der Waals surface area contributed by atoms with Gasteiger partial charge in [-0.1, -0.05) is 11.6 Å². The van der Waals surface area contributed by atoms with Crippen molar-refractivity contribution in [2.75, 3.05) is 6.61 Å². The van der Waals surface area contributed by atoms with Crippen molar-refractivity contribution in [1.82, 2.24) is 9.55 Å². The van der Waals surface area contributed by atoms with E-state index in [0.29, 0.717) is 23.6 Å². The van der Waals surface area contributed by atoms with Crippen molar-refractivity contribution < 1.29 is 17.5 Å². The van der Waals surface area contributed by atoms with E-state index in [9.17, 15) is 12.8 Å². The van der Waals surface area contributed by atoms with Crippen LogP contribution in [0.15, 0.2) is 53.7 Å². The first-order chi connectivity index (χ1) is 12.3. The minimum atomic E-state index is -3.79. The van der Waals surface area contributed by atoms with Crippen molar-refractivity contribution in [3.05, 3.63) is 59.8 Å². The molecule has 0 aliphatic rings. The Morgan fingerprint density at radius 2 is 1.92 bits per heavy atom. The van der Waals surface area contributed by atoms with Crippen LogP contribution in [-0.2, 0) is 10.0 Å². The molecular formula is C17H15ClFN3O3S. The molecule has 2 aromatic carbocycles. The molecule has 0 fully saturated rings. The smallest absolute Gasteiger partial charge is 0.238 e. The molecule has 0 spiro atoms. The van der Waals surface area contributed by atoms with Crippen LogP contribution in [0, 0.1) is 5.82 Å². The van der Waals surface area contributed by atoms with Crippen molar-refractivity contribution in [3.8, 4) is 22.7 Å². The van der Waals surface area contributed by atoms with Gasteiger partial charge in [0.05, 0.1) is 17.2 Å². The molecule has 0 saturated carbocycles. The third kappa shape index (κ3) is 3.57. The lowest BCUT2D eigenvalue weighted by molar-refractivity contribution is 0.321. The summed E-state index contributed by atoms with van der Waals surface area (Å²) in [6.45, 7) is 2.12. The first-order valence-corrected chi connectivity index (χ1v) is 9.52. The predicted octanol–water partition coefficient (Wildman–Crippen LogP) is 3.38. The minimum absolute atomic E-state index is 0.0128. The molecule has 3 aromatic rings. The summed E-state index contributed by atoms with van der Waals surface area (Å²) in [4.78, 5) is 4.05. The number of sulfonamides is 1. The number of benzene rings is 2. The van der Waals surface area contributed by atoms with E-state index < -0.39 is 15.8 Å². The van der Waals surface area contributed by atoms with Gasteiger partial charge in [0.2, 0.25) is 10.0 Å². The van der Waals surface area contributed by atoms with Gasteiger partial charge in [-0.3, -0.25) is 4.57 Å². The Morgan fingerprint density at radius 1 is 1.23 bits per heavy atom. The van der Waals surface area contributed by atoms with E-state index >= 15 is 0 Å². The van der Waals surface area contributed by atoms with E-state index in [1.165, 1.54) is 30.6 Å². The summed E-state index contributed by atoms with van der Waals surface area (Å²) in [5.74, 6) is -0.367. The van der Waals surface area contributed by atoms with E-state index in [1.54, 1.807) is 29.7 Å². The number of aromatic nitrogens is 2. The molecule has 0 saturated heterocycles. The lowest BCUT2D eigenvalue weighted by atomic mass is 10.1. The lowest BCUT2D eigenvalue weighted by Crippen LogP contribution is -2.12. The quantitative estimate of drug-likeness (QED) is 0.717. The summed E-state index contributed by atoms with van der Waals surface area (Å²) in [7, 11) is -3.79. The summed E-state index contributed by atoms with van der Waals surface area (Å²) in [6, 6.07) is 10.4. The van der Waals surface area contributed by atoms with Gasteiger partial charge in [0.1, 0.15) is 6.33 Å². The molecule has 0 unspecified atom stereocenters. The number of imidazole rings is 1. The third-order valence-corrected chi connectivity index (χ3v) is 4.88. The molecule has 1 heterocycles. The summed E-state index contributed by atoms with van der Waals surface area (Å²) in [5, 5.41) is 5.29. The maximum Gasteiger partial charge on any atom is 0.238 e. The summed E-state index contributed by atoms with van der Waals surface area (Å²) >= 11 is 6.18. The number of nitrogens with zero attached hydrogens (tertiary/aromatic N) is 2. The van der Waals surface area contributed by atoms with Gasteiger partial charge in [-0.15, -0.1) is 0 Å². The average Bonchev–Trinajstić information content (AvgIpc) is 2.98. The lowest BCUT2D eigenvalue weighted by Gasteiger charge is -2.11. The number of rotatable bonds is 5. The Labute approximate surface area is 155 Å². The van der Waals surface area contributed by atoms with Crippen molar-refractivity contribution in [2.24, 2.45) is 5.14 Å². The van der Waals surface area contributed by atoms with Gasteiger partial charge >= 0.3 is 0 Å². The second-order valence-corrected chi connectivity index (χ2v) is 7.29. The number of hydrogen-bond acceptors (Lipinski definition) is 4. The molecule has 26 heavy (non-hydrogen) atoms. The molecule has 6 nitrogen and oxygen atoms in total. The van der Waals surface area contributed by atoms with Gasteiger partial charge < -0.3 is 4.74 Å². The van der Waals surface area contributed by atoms with Crippen LogP contribution >= 0.6 is 11.6 Å². The second kappa shape index (κ2) is 7.06. The van der Waals surface area contributed by atoms with Gasteiger partial charge in [0.25, 0.3) is 0 Å². The van der Waals surface area contributed by atoms with E-state index in [2.05, 4.69) is 4.98 Å². The number of nitrogens with two attached hydrogens (primary N) is 1. The van der Waals surface area contributed by atoms with E-state index in [4.69, 9.17) is 21.5 Å². The largest absolute Gasteiger partial charge is 0.491 e. The van der Waals surface area contributed by atoms with E-state index in [0.717, 1.165) is 0 Å². The first-order valence-electron chi connectivity index (χ1n) is 7.60. The van der Waals surface area contributed by atoms with Crippen LogP contribution in [0.5, 0.6) is 5.75 Å². The highest BCUT2D eigenvalue weighted by atomic mass is 35.5. The SMILES string of the molecule is CCOc1ccc(-c2c(Cl)ncn2-c2ccc(S(N)(=O)=O)cc2)cc1F. The fraction of sp³-hybridized carbons (Fsp3) is 0.118. The van der Waals surface area contributed by atoms with Gasteiger partial charge in [-0.05, 0) is 49.4 Å². The second-order valence-electron chi connectivity index (χ2n) is 5.37. The Bertz CT molecular complexity index is 1050. The molecule has 0 amide bonds. The van der Waals surface area contributed by atoms with Crippen LogP contribution in [0.2, 0.25) is 5.15 Å². The summed E-state index contributed by atoms with van der Waals surface area (Å²) < 4.78 is 43.8.